The predicted octanol–water partition coefficient (Wildman–Crippen LogP) is 4.06. The molecule has 3 N–H and O–H groups in total. The van der Waals surface area contributed by atoms with E-state index in [0.29, 0.717) is 8.95 Å². The van der Waals surface area contributed by atoms with Gasteiger partial charge >= 0.3 is 6.18 Å². The van der Waals surface area contributed by atoms with Crippen LogP contribution in [0.5, 0.6) is 0 Å². The van der Waals surface area contributed by atoms with Crippen LogP contribution in [0, 0.1) is 0 Å². The summed E-state index contributed by atoms with van der Waals surface area (Å²) in [4.78, 5) is 24.0. The Morgan fingerprint density at radius 2 is 1.69 bits per heavy atom. The number of nitrogens with two attached hydrogens (primary N) is 1. The average molecular weight is 494 g/mol. The molecule has 0 spiro atoms. The molecule has 138 valence electrons. The Kier molecular flexibility index (Phi) is 6.46. The van der Waals surface area contributed by atoms with Crippen molar-refractivity contribution in [2.45, 2.75) is 18.6 Å². The first-order valence-corrected chi connectivity index (χ1v) is 8.87. The third kappa shape index (κ3) is 5.57. The molecule has 2 amide bonds. The van der Waals surface area contributed by atoms with Gasteiger partial charge in [-0.3, -0.25) is 9.59 Å². The molecule has 9 heteroatoms. The molecular formula is C17H13Br2F3N2O2. The summed E-state index contributed by atoms with van der Waals surface area (Å²) in [6, 6.07) is 8.20. The van der Waals surface area contributed by atoms with E-state index in [-0.39, 0.29) is 17.5 Å². The largest absolute Gasteiger partial charge is 0.416 e. The Hall–Kier alpha value is -1.87. The summed E-state index contributed by atoms with van der Waals surface area (Å²) in [6.07, 6.45) is -4.65. The fourth-order valence-corrected chi connectivity index (χ4v) is 3.55. The number of carbonyl (C=O) groups is 2. The molecule has 0 aliphatic heterocycles. The van der Waals surface area contributed by atoms with E-state index in [1.165, 1.54) is 12.1 Å². The number of nitrogens with one attached hydrogen (secondary N) is 1. The van der Waals surface area contributed by atoms with Crippen LogP contribution in [0.4, 0.5) is 13.2 Å². The highest BCUT2D eigenvalue weighted by molar-refractivity contribution is 9.11. The SMILES string of the molecule is NC(=O)[C@@H](Cc1cccc(C(F)(F)F)c1)NC(=O)c1cc(Br)cc(Br)c1. The van der Waals surface area contributed by atoms with Crippen molar-refractivity contribution in [3.05, 3.63) is 68.1 Å². The first-order chi connectivity index (χ1) is 12.1. The van der Waals surface area contributed by atoms with Crippen LogP contribution in [0.15, 0.2) is 51.4 Å². The molecule has 0 saturated carbocycles. The molecule has 26 heavy (non-hydrogen) atoms. The molecule has 2 aromatic carbocycles. The first kappa shape index (κ1) is 20.4. The minimum Gasteiger partial charge on any atom is -0.368 e. The second-order valence-corrected chi connectivity index (χ2v) is 7.32. The number of hydrogen-bond acceptors (Lipinski definition) is 2. The van der Waals surface area contributed by atoms with Gasteiger partial charge in [0.1, 0.15) is 6.04 Å². The number of benzene rings is 2. The van der Waals surface area contributed by atoms with Gasteiger partial charge in [-0.05, 0) is 29.8 Å². The minimum atomic E-state index is -4.50. The van der Waals surface area contributed by atoms with Gasteiger partial charge in [0.15, 0.2) is 0 Å². The van der Waals surface area contributed by atoms with Crippen LogP contribution in [0.3, 0.4) is 0 Å². The quantitative estimate of drug-likeness (QED) is 0.659. The van der Waals surface area contributed by atoms with Crippen LogP contribution in [0.25, 0.3) is 0 Å². The lowest BCUT2D eigenvalue weighted by Crippen LogP contribution is -2.45. The van der Waals surface area contributed by atoms with Crippen LogP contribution < -0.4 is 11.1 Å². The minimum absolute atomic E-state index is 0.153. The highest BCUT2D eigenvalue weighted by atomic mass is 79.9. The van der Waals surface area contributed by atoms with E-state index < -0.39 is 29.6 Å². The van der Waals surface area contributed by atoms with Crippen LogP contribution in [0.2, 0.25) is 0 Å². The van der Waals surface area contributed by atoms with E-state index in [4.69, 9.17) is 5.73 Å². The molecule has 1 atom stereocenters. The van der Waals surface area contributed by atoms with Crippen LogP contribution >= 0.6 is 31.9 Å². The second-order valence-electron chi connectivity index (χ2n) is 5.49. The molecule has 0 fully saturated rings. The number of halogens is 5. The summed E-state index contributed by atoms with van der Waals surface area (Å²) < 4.78 is 39.7. The number of alkyl halides is 3. The zero-order chi connectivity index (χ0) is 19.5. The standard InChI is InChI=1S/C17H13Br2F3N2O2/c18-12-6-10(7-13(19)8-12)16(26)24-14(15(23)25)5-9-2-1-3-11(4-9)17(20,21)22/h1-4,6-8,14H,5H2,(H2,23,25)(H,24,26)/t14-/m1/s1. The average Bonchev–Trinajstić information content (AvgIpc) is 2.52. The molecule has 2 aromatic rings. The van der Waals surface area contributed by atoms with Crippen molar-refractivity contribution in [3.8, 4) is 0 Å². The summed E-state index contributed by atoms with van der Waals surface area (Å²) in [7, 11) is 0. The third-order valence-electron chi connectivity index (χ3n) is 3.47. The number of hydrogen-bond donors (Lipinski definition) is 2. The van der Waals surface area contributed by atoms with Crippen LogP contribution in [-0.2, 0) is 17.4 Å². The molecule has 0 aliphatic carbocycles. The van der Waals surface area contributed by atoms with E-state index in [1.54, 1.807) is 18.2 Å². The zero-order valence-corrected chi connectivity index (χ0v) is 16.3. The lowest BCUT2D eigenvalue weighted by Gasteiger charge is -2.17. The molecule has 2 rings (SSSR count). The van der Waals surface area contributed by atoms with Gasteiger partial charge in [0, 0.05) is 20.9 Å². The monoisotopic (exact) mass is 492 g/mol. The zero-order valence-electron chi connectivity index (χ0n) is 13.1. The number of rotatable bonds is 5. The van der Waals surface area contributed by atoms with E-state index in [9.17, 15) is 22.8 Å². The van der Waals surface area contributed by atoms with Gasteiger partial charge in [-0.25, -0.2) is 0 Å². The smallest absolute Gasteiger partial charge is 0.368 e. The predicted molar refractivity (Wildman–Crippen MR) is 97.4 cm³/mol. The normalized spacial score (nSPS) is 12.5. The number of amides is 2. The van der Waals surface area contributed by atoms with Crippen LogP contribution in [0.1, 0.15) is 21.5 Å². The third-order valence-corrected chi connectivity index (χ3v) is 4.38. The molecule has 0 radical (unpaired) electrons. The van der Waals surface area contributed by atoms with Gasteiger partial charge in [-0.1, -0.05) is 50.1 Å². The number of carbonyl (C=O) groups excluding carboxylic acids is 2. The van der Waals surface area contributed by atoms with Gasteiger partial charge in [0.05, 0.1) is 5.56 Å². The highest BCUT2D eigenvalue weighted by Gasteiger charge is 2.30. The summed E-state index contributed by atoms with van der Waals surface area (Å²) >= 11 is 6.50. The molecule has 0 aliphatic rings. The van der Waals surface area contributed by atoms with Gasteiger partial charge in [0.25, 0.3) is 5.91 Å². The topological polar surface area (TPSA) is 72.2 Å². The van der Waals surface area contributed by atoms with Gasteiger partial charge in [0.2, 0.25) is 5.91 Å². The summed E-state index contributed by atoms with van der Waals surface area (Å²) in [5.74, 6) is -1.41. The molecule has 0 heterocycles. The fourth-order valence-electron chi connectivity index (χ4n) is 2.26. The lowest BCUT2D eigenvalue weighted by molar-refractivity contribution is -0.137. The Morgan fingerprint density at radius 1 is 1.08 bits per heavy atom. The van der Waals surface area contributed by atoms with Crippen molar-refractivity contribution in [2.24, 2.45) is 5.73 Å². The maximum absolute atomic E-state index is 12.8. The van der Waals surface area contributed by atoms with E-state index in [1.807, 2.05) is 0 Å². The van der Waals surface area contributed by atoms with Crippen molar-refractivity contribution in [2.75, 3.05) is 0 Å². The summed E-state index contributed by atoms with van der Waals surface area (Å²) in [6.45, 7) is 0. The van der Waals surface area contributed by atoms with Gasteiger partial charge in [-0.2, -0.15) is 13.2 Å². The van der Waals surface area contributed by atoms with Gasteiger partial charge < -0.3 is 11.1 Å². The summed E-state index contributed by atoms with van der Waals surface area (Å²) in [5, 5.41) is 2.46. The maximum atomic E-state index is 12.8. The first-order valence-electron chi connectivity index (χ1n) is 7.28. The van der Waals surface area contributed by atoms with Crippen molar-refractivity contribution < 1.29 is 22.8 Å². The van der Waals surface area contributed by atoms with Crippen molar-refractivity contribution in [1.82, 2.24) is 5.32 Å². The Bertz CT molecular complexity index is 821. The number of primary amides is 1. The summed E-state index contributed by atoms with van der Waals surface area (Å²) in [5.41, 5.74) is 4.97. The Balaban J connectivity index is 2.19. The Labute approximate surface area is 164 Å². The highest BCUT2D eigenvalue weighted by Crippen LogP contribution is 2.29. The van der Waals surface area contributed by atoms with E-state index in [2.05, 4.69) is 37.2 Å². The van der Waals surface area contributed by atoms with Crippen molar-refractivity contribution in [1.29, 1.82) is 0 Å². The van der Waals surface area contributed by atoms with E-state index >= 15 is 0 Å². The maximum Gasteiger partial charge on any atom is 0.416 e. The molecule has 0 bridgehead atoms. The second kappa shape index (κ2) is 8.22. The molecule has 0 unspecified atom stereocenters. The van der Waals surface area contributed by atoms with E-state index in [0.717, 1.165) is 12.1 Å². The molecule has 0 saturated heterocycles. The molecule has 0 aromatic heterocycles. The Morgan fingerprint density at radius 3 is 2.23 bits per heavy atom. The van der Waals surface area contributed by atoms with Gasteiger partial charge in [-0.15, -0.1) is 0 Å². The lowest BCUT2D eigenvalue weighted by atomic mass is 10.0. The van der Waals surface area contributed by atoms with Crippen molar-refractivity contribution in [3.63, 3.8) is 0 Å². The molecular weight excluding hydrogens is 481 g/mol. The van der Waals surface area contributed by atoms with Crippen molar-refractivity contribution >= 4 is 43.7 Å². The molecule has 4 nitrogen and oxygen atoms in total. The fraction of sp³-hybridized carbons (Fsp3) is 0.176. The van der Waals surface area contributed by atoms with Crippen LogP contribution in [-0.4, -0.2) is 17.9 Å².